The van der Waals surface area contributed by atoms with Gasteiger partial charge in [-0.25, -0.2) is 0 Å². The van der Waals surface area contributed by atoms with Crippen molar-refractivity contribution in [3.8, 4) is 0 Å². The summed E-state index contributed by atoms with van der Waals surface area (Å²) in [5.74, 6) is 0. The van der Waals surface area contributed by atoms with Crippen LogP contribution in [0.15, 0.2) is 0 Å². The third kappa shape index (κ3) is 3.76. The number of hydrogen-bond acceptors (Lipinski definition) is 1. The van der Waals surface area contributed by atoms with E-state index in [1.807, 2.05) is 0 Å². The molecule has 1 atom stereocenters. The third-order valence-electron chi connectivity index (χ3n) is 0.955. The van der Waals surface area contributed by atoms with Gasteiger partial charge in [-0.3, -0.25) is 0 Å². The van der Waals surface area contributed by atoms with Crippen LogP contribution in [0.4, 0.5) is 0 Å². The van der Waals surface area contributed by atoms with Gasteiger partial charge in [0.2, 0.25) is 0 Å². The minimum Gasteiger partial charge on any atom is -0.390 e. The molecule has 2 nitrogen and oxygen atoms in total. The molecule has 0 fully saturated rings. The van der Waals surface area contributed by atoms with Crippen LogP contribution in [0.3, 0.4) is 0 Å². The van der Waals surface area contributed by atoms with Gasteiger partial charge in [0.05, 0.1) is 6.61 Å². The predicted octanol–water partition coefficient (Wildman–Crippen LogP) is -0.611. The van der Waals surface area contributed by atoms with Gasteiger partial charge in [0.25, 0.3) is 0 Å². The van der Waals surface area contributed by atoms with E-state index in [-0.39, 0.29) is 12.6 Å². The molecule has 1 unspecified atom stereocenters. The van der Waals surface area contributed by atoms with Crippen molar-refractivity contribution in [2.45, 2.75) is 25.8 Å². The average Bonchev–Trinajstić information content (AvgIpc) is 1.68. The van der Waals surface area contributed by atoms with Crippen molar-refractivity contribution in [2.24, 2.45) is 0 Å². The van der Waals surface area contributed by atoms with E-state index in [2.05, 4.69) is 12.7 Å². The molecule has 0 aliphatic carbocycles. The maximum atomic E-state index is 8.40. The number of aliphatic hydroxyl groups excluding tert-OH is 1. The number of rotatable bonds is 3. The summed E-state index contributed by atoms with van der Waals surface area (Å²) in [5.41, 5.74) is 3.70. The molecular weight excluding hydrogens is 90.1 g/mol. The normalized spacial score (nSPS) is 14.1. The summed E-state index contributed by atoms with van der Waals surface area (Å²) in [6.07, 6.45) is 2.16. The fourth-order valence-electron chi connectivity index (χ4n) is 0.500. The SMILES string of the molecule is CCCC([NH3+])CO. The predicted molar refractivity (Wildman–Crippen MR) is 28.7 cm³/mol. The van der Waals surface area contributed by atoms with Crippen molar-refractivity contribution in [3.63, 3.8) is 0 Å². The van der Waals surface area contributed by atoms with Crippen molar-refractivity contribution >= 4 is 0 Å². The lowest BCUT2D eigenvalue weighted by Gasteiger charge is -1.98. The Bertz CT molecular complexity index is 39.1. The third-order valence-corrected chi connectivity index (χ3v) is 0.955. The second kappa shape index (κ2) is 4.09. The Morgan fingerprint density at radius 3 is 2.43 bits per heavy atom. The van der Waals surface area contributed by atoms with Gasteiger partial charge in [-0.05, 0) is 0 Å². The van der Waals surface area contributed by atoms with E-state index in [4.69, 9.17) is 5.11 Å². The van der Waals surface area contributed by atoms with Gasteiger partial charge in [0.15, 0.2) is 0 Å². The van der Waals surface area contributed by atoms with Gasteiger partial charge in [0, 0.05) is 6.42 Å². The smallest absolute Gasteiger partial charge is 0.108 e. The van der Waals surface area contributed by atoms with Crippen LogP contribution in [0.25, 0.3) is 0 Å². The zero-order valence-electron chi connectivity index (χ0n) is 4.85. The Morgan fingerprint density at radius 1 is 1.71 bits per heavy atom. The Kier molecular flexibility index (Phi) is 4.04. The van der Waals surface area contributed by atoms with Crippen LogP contribution in [0.1, 0.15) is 19.8 Å². The molecule has 0 spiro atoms. The highest BCUT2D eigenvalue weighted by Crippen LogP contribution is 1.87. The van der Waals surface area contributed by atoms with Crippen LogP contribution >= 0.6 is 0 Å². The summed E-state index contributed by atoms with van der Waals surface area (Å²) in [5, 5.41) is 8.40. The first-order valence-electron chi connectivity index (χ1n) is 2.75. The summed E-state index contributed by atoms with van der Waals surface area (Å²) < 4.78 is 0. The highest BCUT2D eigenvalue weighted by Gasteiger charge is 1.98. The number of hydrogen-bond donors (Lipinski definition) is 2. The minimum atomic E-state index is 0.230. The number of aliphatic hydroxyl groups is 1. The van der Waals surface area contributed by atoms with Crippen LogP contribution in [-0.4, -0.2) is 17.8 Å². The summed E-state index contributed by atoms with van der Waals surface area (Å²) in [4.78, 5) is 0. The van der Waals surface area contributed by atoms with Gasteiger partial charge in [-0.1, -0.05) is 13.3 Å². The van der Waals surface area contributed by atoms with Crippen molar-refractivity contribution in [1.82, 2.24) is 0 Å². The van der Waals surface area contributed by atoms with Crippen LogP contribution in [0, 0.1) is 0 Å². The molecule has 0 saturated heterocycles. The van der Waals surface area contributed by atoms with Gasteiger partial charge >= 0.3 is 0 Å². The van der Waals surface area contributed by atoms with Gasteiger partial charge in [0.1, 0.15) is 6.04 Å². The van der Waals surface area contributed by atoms with E-state index in [1.165, 1.54) is 0 Å². The molecule has 0 radical (unpaired) electrons. The molecule has 0 aromatic heterocycles. The Hall–Kier alpha value is -0.0800. The fraction of sp³-hybridized carbons (Fsp3) is 1.00. The van der Waals surface area contributed by atoms with Gasteiger partial charge in [-0.2, -0.15) is 0 Å². The molecule has 7 heavy (non-hydrogen) atoms. The molecule has 44 valence electrons. The topological polar surface area (TPSA) is 47.9 Å². The van der Waals surface area contributed by atoms with E-state index < -0.39 is 0 Å². The lowest BCUT2D eigenvalue weighted by molar-refractivity contribution is -0.426. The molecule has 0 amide bonds. The van der Waals surface area contributed by atoms with Crippen molar-refractivity contribution in [3.05, 3.63) is 0 Å². The average molecular weight is 104 g/mol. The number of quaternary nitrogens is 1. The van der Waals surface area contributed by atoms with Crippen LogP contribution < -0.4 is 5.73 Å². The van der Waals surface area contributed by atoms with Crippen LogP contribution in [0.2, 0.25) is 0 Å². The zero-order chi connectivity index (χ0) is 5.70. The molecular formula is C5H14NO+. The van der Waals surface area contributed by atoms with Crippen molar-refractivity contribution in [2.75, 3.05) is 6.61 Å². The monoisotopic (exact) mass is 104 g/mol. The first-order chi connectivity index (χ1) is 3.31. The lowest BCUT2D eigenvalue weighted by atomic mass is 10.2. The van der Waals surface area contributed by atoms with E-state index >= 15 is 0 Å². The van der Waals surface area contributed by atoms with Crippen LogP contribution in [0.5, 0.6) is 0 Å². The van der Waals surface area contributed by atoms with Crippen molar-refractivity contribution < 1.29 is 10.8 Å². The Morgan fingerprint density at radius 2 is 2.29 bits per heavy atom. The molecule has 0 aromatic rings. The van der Waals surface area contributed by atoms with E-state index in [1.54, 1.807) is 0 Å². The van der Waals surface area contributed by atoms with Crippen molar-refractivity contribution in [1.29, 1.82) is 0 Å². The summed E-state index contributed by atoms with van der Waals surface area (Å²) in [6.45, 7) is 2.32. The second-order valence-electron chi connectivity index (χ2n) is 1.84. The quantitative estimate of drug-likeness (QED) is 0.493. The first kappa shape index (κ1) is 6.92. The highest BCUT2D eigenvalue weighted by molar-refractivity contribution is 4.46. The maximum absolute atomic E-state index is 8.40. The lowest BCUT2D eigenvalue weighted by Crippen LogP contribution is -2.62. The Labute approximate surface area is 44.3 Å². The Balaban J connectivity index is 2.83. The van der Waals surface area contributed by atoms with E-state index in [0.717, 1.165) is 12.8 Å². The molecule has 4 N–H and O–H groups in total. The fourth-order valence-corrected chi connectivity index (χ4v) is 0.500. The largest absolute Gasteiger partial charge is 0.390 e. The van der Waals surface area contributed by atoms with E-state index in [0.29, 0.717) is 0 Å². The van der Waals surface area contributed by atoms with Gasteiger partial charge < -0.3 is 10.8 Å². The first-order valence-corrected chi connectivity index (χ1v) is 2.75. The summed E-state index contributed by atoms with van der Waals surface area (Å²) >= 11 is 0. The zero-order valence-corrected chi connectivity index (χ0v) is 4.85. The van der Waals surface area contributed by atoms with E-state index in [9.17, 15) is 0 Å². The molecule has 2 heteroatoms. The molecule has 0 rings (SSSR count). The summed E-state index contributed by atoms with van der Waals surface area (Å²) in [7, 11) is 0. The molecule has 0 aliphatic rings. The molecule has 0 saturated carbocycles. The second-order valence-corrected chi connectivity index (χ2v) is 1.84. The molecule has 0 aromatic carbocycles. The standard InChI is InChI=1S/C5H13NO/c1-2-3-5(6)4-7/h5,7H,2-4,6H2,1H3/p+1. The van der Waals surface area contributed by atoms with Crippen LogP contribution in [-0.2, 0) is 0 Å². The molecule has 0 heterocycles. The molecule has 0 aliphatic heterocycles. The molecule has 0 bridgehead atoms. The summed E-state index contributed by atoms with van der Waals surface area (Å²) in [6, 6.07) is 0.255. The van der Waals surface area contributed by atoms with Gasteiger partial charge in [-0.15, -0.1) is 0 Å². The maximum Gasteiger partial charge on any atom is 0.108 e. The minimum absolute atomic E-state index is 0.230. The highest BCUT2D eigenvalue weighted by atomic mass is 16.3.